The Morgan fingerprint density at radius 1 is 1.35 bits per heavy atom. The lowest BCUT2D eigenvalue weighted by Crippen LogP contribution is -2.64. The molecule has 2 aliphatic carbocycles. The quantitative estimate of drug-likeness (QED) is 0.761. The standard InChI is InChI=1S/C21H27NO/c1-4-8-15-12-21-16(14-22(11-5-2)19(21)23)13-20(21,3)18-10-7-6-9-17(15)18/h5-7,9-10,15-16H,2,4,8,11-14H2,1,3H3/t15?,16-,20-,21+/m0/s1. The van der Waals surface area contributed by atoms with Gasteiger partial charge in [-0.15, -0.1) is 6.58 Å². The van der Waals surface area contributed by atoms with Crippen molar-refractivity contribution >= 4 is 5.91 Å². The highest BCUT2D eigenvalue weighted by molar-refractivity contribution is 5.90. The lowest BCUT2D eigenvalue weighted by atomic mass is 9.38. The Labute approximate surface area is 139 Å². The van der Waals surface area contributed by atoms with Crippen molar-refractivity contribution in [3.05, 3.63) is 48.0 Å². The number of carbonyl (C=O) groups excluding carboxylic acids is 1. The molecule has 1 unspecified atom stereocenters. The SMILES string of the molecule is C=CCN1C[C@@H]2C[C@@]3(C)c4ccccc4C(CCC)C[C@]23C1=O. The van der Waals surface area contributed by atoms with E-state index in [-0.39, 0.29) is 10.8 Å². The van der Waals surface area contributed by atoms with E-state index in [1.165, 1.54) is 24.0 Å². The van der Waals surface area contributed by atoms with Gasteiger partial charge in [0.1, 0.15) is 0 Å². The monoisotopic (exact) mass is 309 g/mol. The average molecular weight is 309 g/mol. The van der Waals surface area contributed by atoms with Gasteiger partial charge < -0.3 is 4.90 Å². The first kappa shape index (κ1) is 15.0. The highest BCUT2D eigenvalue weighted by Crippen LogP contribution is 2.71. The summed E-state index contributed by atoms with van der Waals surface area (Å²) in [6.45, 7) is 10.1. The number of hydrogen-bond donors (Lipinski definition) is 0. The van der Waals surface area contributed by atoms with E-state index in [9.17, 15) is 4.79 Å². The molecular formula is C21H27NO. The first-order valence-corrected chi connectivity index (χ1v) is 9.08. The summed E-state index contributed by atoms with van der Waals surface area (Å²) in [4.78, 5) is 15.4. The molecule has 1 aromatic rings. The number of carbonyl (C=O) groups is 1. The van der Waals surface area contributed by atoms with E-state index in [0.717, 1.165) is 19.4 Å². The summed E-state index contributed by atoms with van der Waals surface area (Å²) in [5.74, 6) is 1.47. The van der Waals surface area contributed by atoms with Gasteiger partial charge in [0.05, 0.1) is 5.41 Å². The number of amides is 1. The maximum Gasteiger partial charge on any atom is 0.230 e. The van der Waals surface area contributed by atoms with Gasteiger partial charge in [0.25, 0.3) is 0 Å². The topological polar surface area (TPSA) is 20.3 Å². The predicted molar refractivity (Wildman–Crippen MR) is 93.4 cm³/mol. The summed E-state index contributed by atoms with van der Waals surface area (Å²) in [5, 5.41) is 0. The molecule has 1 aliphatic heterocycles. The van der Waals surface area contributed by atoms with Crippen LogP contribution in [0.15, 0.2) is 36.9 Å². The summed E-state index contributed by atoms with van der Waals surface area (Å²) in [6, 6.07) is 8.92. The van der Waals surface area contributed by atoms with Gasteiger partial charge in [0, 0.05) is 18.5 Å². The minimum Gasteiger partial charge on any atom is -0.338 e. The first-order valence-electron chi connectivity index (χ1n) is 9.08. The molecule has 1 saturated heterocycles. The van der Waals surface area contributed by atoms with Crippen LogP contribution in [0, 0.1) is 11.3 Å². The summed E-state index contributed by atoms with van der Waals surface area (Å²) < 4.78 is 0. The van der Waals surface area contributed by atoms with E-state index in [4.69, 9.17) is 0 Å². The number of nitrogens with zero attached hydrogens (tertiary/aromatic N) is 1. The molecule has 4 atom stereocenters. The van der Waals surface area contributed by atoms with Crippen LogP contribution in [0.2, 0.25) is 0 Å². The van der Waals surface area contributed by atoms with Crippen molar-refractivity contribution in [3.8, 4) is 0 Å². The summed E-state index contributed by atoms with van der Waals surface area (Å²) in [7, 11) is 0. The number of fused-ring (bicyclic) bond motifs is 2. The zero-order valence-corrected chi connectivity index (χ0v) is 14.3. The molecule has 0 radical (unpaired) electrons. The molecule has 0 N–H and O–H groups in total. The zero-order valence-electron chi connectivity index (χ0n) is 14.3. The van der Waals surface area contributed by atoms with Crippen LogP contribution in [0.3, 0.4) is 0 Å². The summed E-state index contributed by atoms with van der Waals surface area (Å²) >= 11 is 0. The summed E-state index contributed by atoms with van der Waals surface area (Å²) in [6.07, 6.45) is 6.45. The van der Waals surface area contributed by atoms with Crippen LogP contribution < -0.4 is 0 Å². The van der Waals surface area contributed by atoms with Crippen molar-refractivity contribution in [1.82, 2.24) is 4.90 Å². The Bertz CT molecular complexity index is 666. The second-order valence-corrected chi connectivity index (χ2v) is 7.98. The van der Waals surface area contributed by atoms with Gasteiger partial charge in [0.2, 0.25) is 5.91 Å². The normalized spacial score (nSPS) is 37.7. The molecule has 3 aliphatic rings. The Morgan fingerprint density at radius 3 is 2.87 bits per heavy atom. The number of likely N-dealkylation sites (tertiary alicyclic amines) is 1. The van der Waals surface area contributed by atoms with Crippen molar-refractivity contribution in [2.24, 2.45) is 11.3 Å². The highest BCUT2D eigenvalue weighted by atomic mass is 16.2. The van der Waals surface area contributed by atoms with Crippen molar-refractivity contribution in [1.29, 1.82) is 0 Å². The van der Waals surface area contributed by atoms with Gasteiger partial charge in [-0.05, 0) is 42.2 Å². The number of rotatable bonds is 4. The fourth-order valence-corrected chi connectivity index (χ4v) is 6.03. The van der Waals surface area contributed by atoms with Crippen LogP contribution in [0.25, 0.3) is 0 Å². The van der Waals surface area contributed by atoms with Crippen LogP contribution in [-0.2, 0) is 10.2 Å². The Balaban J connectivity index is 1.82. The second kappa shape index (κ2) is 4.96. The Hall–Kier alpha value is -1.57. The van der Waals surface area contributed by atoms with Gasteiger partial charge in [0.15, 0.2) is 0 Å². The molecule has 2 heteroatoms. The van der Waals surface area contributed by atoms with Gasteiger partial charge in [-0.1, -0.05) is 50.6 Å². The molecule has 2 nitrogen and oxygen atoms in total. The molecule has 1 saturated carbocycles. The number of hydrogen-bond acceptors (Lipinski definition) is 1. The molecule has 1 amide bonds. The fraction of sp³-hybridized carbons (Fsp3) is 0.571. The third-order valence-corrected chi connectivity index (χ3v) is 7.00. The van der Waals surface area contributed by atoms with Crippen molar-refractivity contribution in [2.75, 3.05) is 13.1 Å². The van der Waals surface area contributed by atoms with E-state index >= 15 is 0 Å². The first-order chi connectivity index (χ1) is 11.1. The van der Waals surface area contributed by atoms with Gasteiger partial charge in [-0.3, -0.25) is 4.79 Å². The van der Waals surface area contributed by atoms with E-state index in [0.29, 0.717) is 24.3 Å². The Kier molecular flexibility index (Phi) is 3.23. The molecule has 122 valence electrons. The smallest absolute Gasteiger partial charge is 0.230 e. The molecule has 23 heavy (non-hydrogen) atoms. The fourth-order valence-electron chi connectivity index (χ4n) is 6.03. The van der Waals surface area contributed by atoms with Crippen molar-refractivity contribution < 1.29 is 4.79 Å². The van der Waals surface area contributed by atoms with Crippen LogP contribution in [0.5, 0.6) is 0 Å². The molecular weight excluding hydrogens is 282 g/mol. The largest absolute Gasteiger partial charge is 0.338 e. The molecule has 2 fully saturated rings. The minimum atomic E-state index is -0.149. The Morgan fingerprint density at radius 2 is 2.13 bits per heavy atom. The lowest BCUT2D eigenvalue weighted by Gasteiger charge is -2.63. The minimum absolute atomic E-state index is 0.0332. The highest BCUT2D eigenvalue weighted by Gasteiger charge is 2.73. The van der Waals surface area contributed by atoms with Gasteiger partial charge in [-0.25, -0.2) is 0 Å². The third-order valence-electron chi connectivity index (χ3n) is 7.00. The van der Waals surface area contributed by atoms with E-state index < -0.39 is 0 Å². The van der Waals surface area contributed by atoms with E-state index in [1.807, 2.05) is 6.08 Å². The predicted octanol–water partition coefficient (Wildman–Crippen LogP) is 4.27. The molecule has 0 bridgehead atoms. The van der Waals surface area contributed by atoms with Crippen LogP contribution in [0.4, 0.5) is 0 Å². The third kappa shape index (κ3) is 1.67. The second-order valence-electron chi connectivity index (χ2n) is 7.98. The maximum atomic E-state index is 13.4. The van der Waals surface area contributed by atoms with E-state index in [1.54, 1.807) is 0 Å². The van der Waals surface area contributed by atoms with E-state index in [2.05, 4.69) is 49.6 Å². The van der Waals surface area contributed by atoms with Crippen LogP contribution >= 0.6 is 0 Å². The van der Waals surface area contributed by atoms with Gasteiger partial charge >= 0.3 is 0 Å². The molecule has 1 aromatic carbocycles. The molecule has 1 spiro atoms. The average Bonchev–Trinajstić information content (AvgIpc) is 2.75. The van der Waals surface area contributed by atoms with Crippen LogP contribution in [0.1, 0.15) is 56.6 Å². The number of benzene rings is 1. The zero-order chi connectivity index (χ0) is 16.2. The molecule has 4 rings (SSSR count). The summed E-state index contributed by atoms with van der Waals surface area (Å²) in [5.41, 5.74) is 2.85. The maximum absolute atomic E-state index is 13.4. The van der Waals surface area contributed by atoms with Crippen LogP contribution in [-0.4, -0.2) is 23.9 Å². The molecule has 1 heterocycles. The van der Waals surface area contributed by atoms with Crippen molar-refractivity contribution in [2.45, 2.75) is 50.9 Å². The lowest BCUT2D eigenvalue weighted by molar-refractivity contribution is -0.153. The van der Waals surface area contributed by atoms with Gasteiger partial charge in [-0.2, -0.15) is 0 Å². The molecule has 0 aromatic heterocycles. The van der Waals surface area contributed by atoms with Crippen molar-refractivity contribution in [3.63, 3.8) is 0 Å².